The largest absolute Gasteiger partial charge is 0.462 e. The van der Waals surface area contributed by atoms with Crippen LogP contribution in [-0.2, 0) is 4.74 Å². The van der Waals surface area contributed by atoms with Gasteiger partial charge in [-0.15, -0.1) is 0 Å². The maximum absolute atomic E-state index is 11.8. The summed E-state index contributed by atoms with van der Waals surface area (Å²) in [5, 5.41) is 0. The van der Waals surface area contributed by atoms with Crippen molar-refractivity contribution < 1.29 is 9.53 Å². The molecule has 0 heterocycles. The lowest BCUT2D eigenvalue weighted by molar-refractivity contribution is 0.0526. The van der Waals surface area contributed by atoms with Gasteiger partial charge in [0, 0.05) is 15.5 Å². The first-order valence-electron chi connectivity index (χ1n) is 6.83. The number of aryl methyl sites for hydroxylation is 2. The highest BCUT2D eigenvalue weighted by molar-refractivity contribution is 7.99. The summed E-state index contributed by atoms with van der Waals surface area (Å²) >= 11 is 1.57. The van der Waals surface area contributed by atoms with Crippen LogP contribution in [-0.4, -0.2) is 12.6 Å². The van der Waals surface area contributed by atoms with Gasteiger partial charge in [0.15, 0.2) is 0 Å². The summed E-state index contributed by atoms with van der Waals surface area (Å²) < 4.78 is 5.02. The molecule has 0 bridgehead atoms. The number of nitrogen functional groups attached to an aromatic ring is 1. The number of ether oxygens (including phenoxy) is 1. The van der Waals surface area contributed by atoms with Crippen LogP contribution in [0.4, 0.5) is 5.69 Å². The van der Waals surface area contributed by atoms with E-state index in [1.807, 2.05) is 0 Å². The van der Waals surface area contributed by atoms with E-state index in [-0.39, 0.29) is 5.97 Å². The molecular formula is C17H19NO2S. The van der Waals surface area contributed by atoms with Crippen LogP contribution in [0.25, 0.3) is 0 Å². The van der Waals surface area contributed by atoms with E-state index >= 15 is 0 Å². The van der Waals surface area contributed by atoms with Crippen molar-refractivity contribution >= 4 is 23.4 Å². The zero-order chi connectivity index (χ0) is 15.4. The van der Waals surface area contributed by atoms with Crippen LogP contribution < -0.4 is 5.73 Å². The average Bonchev–Trinajstić information content (AvgIpc) is 2.44. The van der Waals surface area contributed by atoms with E-state index in [9.17, 15) is 4.79 Å². The Labute approximate surface area is 129 Å². The Kier molecular flexibility index (Phi) is 4.91. The molecule has 0 atom stereocenters. The van der Waals surface area contributed by atoms with Gasteiger partial charge < -0.3 is 10.5 Å². The summed E-state index contributed by atoms with van der Waals surface area (Å²) in [6, 6.07) is 11.5. The highest BCUT2D eigenvalue weighted by atomic mass is 32.2. The zero-order valence-corrected chi connectivity index (χ0v) is 13.3. The SMILES string of the molecule is CCOC(=O)c1ccc(N)c(Sc2ccc(C)cc2C)c1. The Morgan fingerprint density at radius 2 is 1.90 bits per heavy atom. The number of hydrogen-bond acceptors (Lipinski definition) is 4. The van der Waals surface area contributed by atoms with Crippen LogP contribution in [0.5, 0.6) is 0 Å². The molecule has 0 aliphatic carbocycles. The predicted octanol–water partition coefficient (Wildman–Crippen LogP) is 4.21. The van der Waals surface area contributed by atoms with Gasteiger partial charge in [0.05, 0.1) is 12.2 Å². The maximum Gasteiger partial charge on any atom is 0.338 e. The quantitative estimate of drug-likeness (QED) is 0.679. The summed E-state index contributed by atoms with van der Waals surface area (Å²) in [6.45, 7) is 6.29. The minimum Gasteiger partial charge on any atom is -0.462 e. The number of nitrogens with two attached hydrogens (primary N) is 1. The molecule has 110 valence electrons. The first kappa shape index (κ1) is 15.4. The molecule has 3 nitrogen and oxygen atoms in total. The highest BCUT2D eigenvalue weighted by Gasteiger charge is 2.11. The third kappa shape index (κ3) is 3.79. The molecule has 0 saturated heterocycles. The molecule has 2 aromatic carbocycles. The number of hydrogen-bond donors (Lipinski definition) is 1. The van der Waals surface area contributed by atoms with Gasteiger partial charge in [-0.1, -0.05) is 29.5 Å². The molecule has 0 aliphatic heterocycles. The van der Waals surface area contributed by atoms with Crippen molar-refractivity contribution in [2.24, 2.45) is 0 Å². The van der Waals surface area contributed by atoms with Crippen LogP contribution in [0.3, 0.4) is 0 Å². The summed E-state index contributed by atoms with van der Waals surface area (Å²) in [5.41, 5.74) is 9.63. The van der Waals surface area contributed by atoms with E-state index in [1.165, 1.54) is 11.1 Å². The Balaban J connectivity index is 2.30. The first-order valence-corrected chi connectivity index (χ1v) is 7.64. The Morgan fingerprint density at radius 3 is 2.57 bits per heavy atom. The predicted molar refractivity (Wildman–Crippen MR) is 86.8 cm³/mol. The van der Waals surface area contributed by atoms with E-state index < -0.39 is 0 Å². The monoisotopic (exact) mass is 301 g/mol. The second-order valence-corrected chi connectivity index (χ2v) is 5.93. The third-order valence-corrected chi connectivity index (χ3v) is 4.33. The Bertz CT molecular complexity index is 668. The minimum atomic E-state index is -0.319. The van der Waals surface area contributed by atoms with Crippen molar-refractivity contribution in [3.63, 3.8) is 0 Å². The molecule has 4 heteroatoms. The fourth-order valence-corrected chi connectivity index (χ4v) is 2.96. The normalized spacial score (nSPS) is 10.4. The second kappa shape index (κ2) is 6.68. The minimum absolute atomic E-state index is 0.319. The highest BCUT2D eigenvalue weighted by Crippen LogP contribution is 2.35. The number of benzene rings is 2. The number of rotatable bonds is 4. The summed E-state index contributed by atoms with van der Waals surface area (Å²) in [4.78, 5) is 13.8. The van der Waals surface area contributed by atoms with Gasteiger partial charge in [-0.25, -0.2) is 4.79 Å². The van der Waals surface area contributed by atoms with E-state index in [2.05, 4.69) is 32.0 Å². The Morgan fingerprint density at radius 1 is 1.14 bits per heavy atom. The van der Waals surface area contributed by atoms with E-state index in [0.717, 1.165) is 9.79 Å². The molecule has 2 rings (SSSR count). The fourth-order valence-electron chi connectivity index (χ4n) is 2.00. The maximum atomic E-state index is 11.8. The second-order valence-electron chi connectivity index (χ2n) is 4.84. The van der Waals surface area contributed by atoms with Crippen molar-refractivity contribution in [1.29, 1.82) is 0 Å². The van der Waals surface area contributed by atoms with Crippen molar-refractivity contribution in [1.82, 2.24) is 0 Å². The van der Waals surface area contributed by atoms with Crippen LogP contribution in [0, 0.1) is 13.8 Å². The number of carbonyl (C=O) groups is 1. The molecular weight excluding hydrogens is 282 g/mol. The molecule has 0 fully saturated rings. The molecule has 0 amide bonds. The van der Waals surface area contributed by atoms with Gasteiger partial charge in [0.1, 0.15) is 0 Å². The topological polar surface area (TPSA) is 52.3 Å². The summed E-state index contributed by atoms with van der Waals surface area (Å²) in [7, 11) is 0. The Hall–Kier alpha value is -1.94. The van der Waals surface area contributed by atoms with Crippen LogP contribution in [0.15, 0.2) is 46.2 Å². The van der Waals surface area contributed by atoms with Gasteiger partial charge in [0.2, 0.25) is 0 Å². The fraction of sp³-hybridized carbons (Fsp3) is 0.235. The van der Waals surface area contributed by atoms with Crippen molar-refractivity contribution in [2.45, 2.75) is 30.6 Å². The molecule has 0 saturated carbocycles. The van der Waals surface area contributed by atoms with Crippen LogP contribution >= 0.6 is 11.8 Å². The molecule has 0 spiro atoms. The van der Waals surface area contributed by atoms with Gasteiger partial charge in [0.25, 0.3) is 0 Å². The first-order chi connectivity index (χ1) is 10.0. The van der Waals surface area contributed by atoms with E-state index in [4.69, 9.17) is 10.5 Å². The molecule has 2 N–H and O–H groups in total. The van der Waals surface area contributed by atoms with Crippen molar-refractivity contribution in [3.8, 4) is 0 Å². The van der Waals surface area contributed by atoms with E-state index in [0.29, 0.717) is 17.9 Å². The molecule has 0 aliphatic rings. The molecule has 2 aromatic rings. The van der Waals surface area contributed by atoms with Gasteiger partial charge >= 0.3 is 5.97 Å². The standard InChI is InChI=1S/C17H19NO2S/c1-4-20-17(19)13-6-7-14(18)16(10-13)21-15-8-5-11(2)9-12(15)3/h5-10H,4,18H2,1-3H3. The lowest BCUT2D eigenvalue weighted by Crippen LogP contribution is -2.05. The number of esters is 1. The van der Waals surface area contributed by atoms with Crippen LogP contribution in [0.1, 0.15) is 28.4 Å². The third-order valence-electron chi connectivity index (χ3n) is 3.08. The lowest BCUT2D eigenvalue weighted by Gasteiger charge is -2.10. The molecule has 0 unspecified atom stereocenters. The number of anilines is 1. The molecule has 0 aromatic heterocycles. The molecule has 0 radical (unpaired) electrons. The average molecular weight is 301 g/mol. The van der Waals surface area contributed by atoms with Gasteiger partial charge in [-0.2, -0.15) is 0 Å². The number of carbonyl (C=O) groups excluding carboxylic acids is 1. The lowest BCUT2D eigenvalue weighted by atomic mass is 10.2. The summed E-state index contributed by atoms with van der Waals surface area (Å²) in [5.74, 6) is -0.319. The van der Waals surface area contributed by atoms with Gasteiger partial charge in [-0.3, -0.25) is 0 Å². The van der Waals surface area contributed by atoms with Crippen LogP contribution in [0.2, 0.25) is 0 Å². The summed E-state index contributed by atoms with van der Waals surface area (Å²) in [6.07, 6.45) is 0. The smallest absolute Gasteiger partial charge is 0.338 e. The van der Waals surface area contributed by atoms with E-state index in [1.54, 1.807) is 36.9 Å². The van der Waals surface area contributed by atoms with Crippen molar-refractivity contribution in [3.05, 3.63) is 53.1 Å². The zero-order valence-electron chi connectivity index (χ0n) is 12.5. The van der Waals surface area contributed by atoms with Gasteiger partial charge in [-0.05, 0) is 50.6 Å². The molecule has 21 heavy (non-hydrogen) atoms. The van der Waals surface area contributed by atoms with Crippen molar-refractivity contribution in [2.75, 3.05) is 12.3 Å².